The first-order chi connectivity index (χ1) is 15.3. The van der Waals surface area contributed by atoms with Gasteiger partial charge in [0.15, 0.2) is 11.0 Å². The third-order valence-corrected chi connectivity index (χ3v) is 6.64. The van der Waals surface area contributed by atoms with E-state index in [0.29, 0.717) is 38.9 Å². The van der Waals surface area contributed by atoms with Crippen LogP contribution < -0.4 is 10.1 Å². The van der Waals surface area contributed by atoms with Crippen molar-refractivity contribution in [3.63, 3.8) is 0 Å². The summed E-state index contributed by atoms with van der Waals surface area (Å²) in [5, 5.41) is 12.8. The van der Waals surface area contributed by atoms with E-state index in [2.05, 4.69) is 15.5 Å². The normalized spacial score (nSPS) is 10.8. The van der Waals surface area contributed by atoms with Crippen LogP contribution in [0.25, 0.3) is 0 Å². The molecule has 0 bridgehead atoms. The van der Waals surface area contributed by atoms with Crippen LogP contribution in [0.3, 0.4) is 0 Å². The lowest BCUT2D eigenvalue weighted by Crippen LogP contribution is -2.16. The second-order valence-corrected chi connectivity index (χ2v) is 9.40. The Hall–Kier alpha value is -2.56. The van der Waals surface area contributed by atoms with Gasteiger partial charge in [0.2, 0.25) is 5.91 Å². The van der Waals surface area contributed by atoms with Crippen molar-refractivity contribution >= 4 is 51.6 Å². The average Bonchev–Trinajstić information content (AvgIpc) is 3.34. The van der Waals surface area contributed by atoms with E-state index in [4.69, 9.17) is 21.1 Å². The van der Waals surface area contributed by atoms with Crippen LogP contribution in [0.2, 0.25) is 5.02 Å². The Morgan fingerprint density at radius 2 is 2.03 bits per heavy atom. The standard InChI is InChI=1S/C21H23ClN4O4S2/c1-5-26-17(10-30-16-8-12(2)6-7-15(16)22)24-25-21(26)31-11-18(27)23-19-14(20(28)29-4)9-13(3)32-19/h6-9H,5,10-11H2,1-4H3,(H,23,27). The van der Waals surface area contributed by atoms with Crippen LogP contribution in [-0.4, -0.2) is 39.5 Å². The van der Waals surface area contributed by atoms with Crippen LogP contribution in [-0.2, 0) is 22.7 Å². The van der Waals surface area contributed by atoms with Crippen molar-refractivity contribution in [3.05, 3.63) is 51.1 Å². The molecule has 1 aromatic carbocycles. The minimum absolute atomic E-state index is 0.111. The zero-order valence-electron chi connectivity index (χ0n) is 18.1. The molecule has 0 saturated heterocycles. The van der Waals surface area contributed by atoms with Crippen molar-refractivity contribution in [1.82, 2.24) is 14.8 Å². The molecule has 0 aliphatic rings. The molecular weight excluding hydrogens is 472 g/mol. The molecular formula is C21H23ClN4O4S2. The molecule has 170 valence electrons. The number of hydrogen-bond donors (Lipinski definition) is 1. The molecule has 0 unspecified atom stereocenters. The van der Waals surface area contributed by atoms with Gasteiger partial charge in [0.05, 0.1) is 23.4 Å². The fourth-order valence-corrected chi connectivity index (χ4v) is 4.78. The van der Waals surface area contributed by atoms with Crippen LogP contribution in [0.5, 0.6) is 5.75 Å². The Kier molecular flexibility index (Phi) is 8.16. The highest BCUT2D eigenvalue weighted by Crippen LogP contribution is 2.29. The molecule has 2 heterocycles. The fraction of sp³-hybridized carbons (Fsp3) is 0.333. The van der Waals surface area contributed by atoms with Crippen molar-refractivity contribution in [2.75, 3.05) is 18.2 Å². The number of halogens is 1. The summed E-state index contributed by atoms with van der Waals surface area (Å²) in [6.07, 6.45) is 0. The number of thiophene rings is 1. The van der Waals surface area contributed by atoms with E-state index in [9.17, 15) is 9.59 Å². The summed E-state index contributed by atoms with van der Waals surface area (Å²) in [4.78, 5) is 25.3. The zero-order valence-corrected chi connectivity index (χ0v) is 20.5. The van der Waals surface area contributed by atoms with Crippen LogP contribution in [0.15, 0.2) is 29.4 Å². The second kappa shape index (κ2) is 10.8. The summed E-state index contributed by atoms with van der Waals surface area (Å²) in [6.45, 7) is 6.61. The molecule has 3 aromatic rings. The maximum Gasteiger partial charge on any atom is 0.340 e. The number of carbonyl (C=O) groups excluding carboxylic acids is 2. The van der Waals surface area contributed by atoms with Crippen molar-refractivity contribution in [1.29, 1.82) is 0 Å². The minimum Gasteiger partial charge on any atom is -0.484 e. The van der Waals surface area contributed by atoms with Crippen molar-refractivity contribution in [3.8, 4) is 5.75 Å². The summed E-state index contributed by atoms with van der Waals surface area (Å²) in [5.41, 5.74) is 1.39. The van der Waals surface area contributed by atoms with Gasteiger partial charge >= 0.3 is 5.97 Å². The Balaban J connectivity index is 1.62. The van der Waals surface area contributed by atoms with Gasteiger partial charge in [-0.2, -0.15) is 0 Å². The highest BCUT2D eigenvalue weighted by molar-refractivity contribution is 7.99. The molecule has 11 heteroatoms. The maximum absolute atomic E-state index is 12.5. The van der Waals surface area contributed by atoms with Gasteiger partial charge in [-0.15, -0.1) is 21.5 Å². The molecule has 1 N–H and O–H groups in total. The number of benzene rings is 1. The van der Waals surface area contributed by atoms with Crippen molar-refractivity contribution in [2.45, 2.75) is 39.1 Å². The molecule has 8 nitrogen and oxygen atoms in total. The van der Waals surface area contributed by atoms with Gasteiger partial charge in [0.1, 0.15) is 17.4 Å². The average molecular weight is 495 g/mol. The number of methoxy groups -OCH3 is 1. The molecule has 32 heavy (non-hydrogen) atoms. The minimum atomic E-state index is -0.485. The zero-order chi connectivity index (χ0) is 23.3. The lowest BCUT2D eigenvalue weighted by molar-refractivity contribution is -0.113. The summed E-state index contributed by atoms with van der Waals surface area (Å²) >= 11 is 8.77. The Morgan fingerprint density at radius 1 is 1.25 bits per heavy atom. The molecule has 0 atom stereocenters. The van der Waals surface area contributed by atoms with Gasteiger partial charge in [-0.3, -0.25) is 4.79 Å². The molecule has 0 fully saturated rings. The molecule has 1 amide bonds. The number of nitrogens with zero attached hydrogens (tertiary/aromatic N) is 3. The highest BCUT2D eigenvalue weighted by Gasteiger charge is 2.19. The molecule has 0 saturated carbocycles. The third-order valence-electron chi connectivity index (χ3n) is 4.40. The monoisotopic (exact) mass is 494 g/mol. The topological polar surface area (TPSA) is 95.3 Å². The van der Waals surface area contributed by atoms with E-state index in [0.717, 1.165) is 10.4 Å². The number of aromatic nitrogens is 3. The van der Waals surface area contributed by atoms with E-state index in [-0.39, 0.29) is 18.3 Å². The summed E-state index contributed by atoms with van der Waals surface area (Å²) in [7, 11) is 1.31. The number of thioether (sulfide) groups is 1. The molecule has 0 spiro atoms. The van der Waals surface area contributed by atoms with Gasteiger partial charge in [-0.25, -0.2) is 4.79 Å². The smallest absolute Gasteiger partial charge is 0.340 e. The number of amides is 1. The van der Waals surface area contributed by atoms with Gasteiger partial charge in [-0.05, 0) is 44.5 Å². The van der Waals surface area contributed by atoms with Gasteiger partial charge in [-0.1, -0.05) is 29.4 Å². The summed E-state index contributed by atoms with van der Waals surface area (Å²) < 4.78 is 12.5. The maximum atomic E-state index is 12.5. The van der Waals surface area contributed by atoms with Crippen LogP contribution in [0.1, 0.15) is 33.5 Å². The van der Waals surface area contributed by atoms with Gasteiger partial charge in [0.25, 0.3) is 0 Å². The molecule has 0 aliphatic heterocycles. The number of esters is 1. The Bertz CT molecular complexity index is 1130. The fourth-order valence-electron chi connectivity index (χ4n) is 2.88. The largest absolute Gasteiger partial charge is 0.484 e. The van der Waals surface area contributed by atoms with E-state index in [1.54, 1.807) is 12.1 Å². The van der Waals surface area contributed by atoms with E-state index in [1.807, 2.05) is 37.5 Å². The first-order valence-electron chi connectivity index (χ1n) is 9.74. The molecule has 0 aliphatic carbocycles. The van der Waals surface area contributed by atoms with Crippen molar-refractivity contribution < 1.29 is 19.1 Å². The predicted molar refractivity (Wildman–Crippen MR) is 126 cm³/mol. The summed E-state index contributed by atoms with van der Waals surface area (Å²) in [6, 6.07) is 7.26. The highest BCUT2D eigenvalue weighted by atomic mass is 35.5. The number of aryl methyl sites for hydroxylation is 2. The number of nitrogens with one attached hydrogen (secondary N) is 1. The van der Waals surface area contributed by atoms with Gasteiger partial charge < -0.3 is 19.4 Å². The molecule has 3 rings (SSSR count). The number of carbonyl (C=O) groups is 2. The van der Waals surface area contributed by atoms with Crippen LogP contribution >= 0.6 is 34.7 Å². The van der Waals surface area contributed by atoms with Crippen LogP contribution in [0, 0.1) is 13.8 Å². The van der Waals surface area contributed by atoms with E-state index >= 15 is 0 Å². The first kappa shape index (κ1) is 24.1. The van der Waals surface area contributed by atoms with E-state index in [1.165, 1.54) is 30.2 Å². The van der Waals surface area contributed by atoms with Crippen LogP contribution in [0.4, 0.5) is 5.00 Å². The summed E-state index contributed by atoms with van der Waals surface area (Å²) in [5.74, 6) is 0.590. The first-order valence-corrected chi connectivity index (χ1v) is 11.9. The SMILES string of the molecule is CCn1c(COc2cc(C)ccc2Cl)nnc1SCC(=O)Nc1sc(C)cc1C(=O)OC. The number of rotatable bonds is 9. The number of hydrogen-bond acceptors (Lipinski definition) is 8. The molecule has 2 aromatic heterocycles. The Labute approximate surface area is 199 Å². The van der Waals surface area contributed by atoms with Crippen molar-refractivity contribution in [2.24, 2.45) is 0 Å². The lowest BCUT2D eigenvalue weighted by Gasteiger charge is -2.10. The number of ether oxygens (including phenoxy) is 2. The molecule has 0 radical (unpaired) electrons. The predicted octanol–water partition coefficient (Wildman–Crippen LogP) is 4.73. The Morgan fingerprint density at radius 3 is 2.75 bits per heavy atom. The van der Waals surface area contributed by atoms with E-state index < -0.39 is 5.97 Å². The third kappa shape index (κ3) is 5.81. The quantitative estimate of drug-likeness (QED) is 0.339. The second-order valence-electron chi connectivity index (χ2n) is 6.79. The van der Waals surface area contributed by atoms with Gasteiger partial charge in [0, 0.05) is 11.4 Å². The lowest BCUT2D eigenvalue weighted by atomic mass is 10.2. The number of anilines is 1.